The van der Waals surface area contributed by atoms with E-state index in [9.17, 15) is 9.18 Å². The van der Waals surface area contributed by atoms with Crippen molar-refractivity contribution in [3.8, 4) is 0 Å². The molecule has 0 saturated heterocycles. The first-order valence-electron chi connectivity index (χ1n) is 5.77. The summed E-state index contributed by atoms with van der Waals surface area (Å²) in [6.07, 6.45) is 1.39. The van der Waals surface area contributed by atoms with Crippen molar-refractivity contribution < 1.29 is 9.18 Å². The number of aromatic nitrogens is 1. The fourth-order valence-corrected chi connectivity index (χ4v) is 1.74. The minimum absolute atomic E-state index is 0.160. The first-order chi connectivity index (χ1) is 8.99. The lowest BCUT2D eigenvalue weighted by Gasteiger charge is -2.10. The molecule has 0 bridgehead atoms. The number of amides is 1. The predicted octanol–water partition coefficient (Wildman–Crippen LogP) is 2.67. The smallest absolute Gasteiger partial charge is 0.259 e. The van der Waals surface area contributed by atoms with Crippen molar-refractivity contribution >= 4 is 17.3 Å². The van der Waals surface area contributed by atoms with Gasteiger partial charge < -0.3 is 11.1 Å². The Bertz CT molecular complexity index is 620. The van der Waals surface area contributed by atoms with Crippen molar-refractivity contribution in [3.63, 3.8) is 0 Å². The molecule has 0 spiro atoms. The molecule has 4 nitrogen and oxygen atoms in total. The summed E-state index contributed by atoms with van der Waals surface area (Å²) in [5, 5.41) is 2.52. The van der Waals surface area contributed by atoms with E-state index in [-0.39, 0.29) is 11.3 Å². The number of carbonyl (C=O) groups excluding carboxylic acids is 1. The van der Waals surface area contributed by atoms with Crippen LogP contribution in [0.2, 0.25) is 0 Å². The first kappa shape index (κ1) is 13.0. The Morgan fingerprint density at radius 3 is 2.74 bits per heavy atom. The molecule has 19 heavy (non-hydrogen) atoms. The van der Waals surface area contributed by atoms with Crippen LogP contribution in [-0.2, 0) is 0 Å². The zero-order chi connectivity index (χ0) is 14.0. The van der Waals surface area contributed by atoms with Gasteiger partial charge in [-0.25, -0.2) is 4.39 Å². The number of carbonyl (C=O) groups is 1. The van der Waals surface area contributed by atoms with E-state index in [2.05, 4.69) is 10.3 Å². The fourth-order valence-electron chi connectivity index (χ4n) is 1.74. The van der Waals surface area contributed by atoms with E-state index in [1.54, 1.807) is 32.0 Å². The van der Waals surface area contributed by atoms with Crippen LogP contribution in [0.5, 0.6) is 0 Å². The second-order valence-corrected chi connectivity index (χ2v) is 4.30. The van der Waals surface area contributed by atoms with Crippen LogP contribution in [0.1, 0.15) is 21.6 Å². The number of nitrogens with two attached hydrogens (primary N) is 1. The van der Waals surface area contributed by atoms with Crippen LogP contribution in [0.4, 0.5) is 15.8 Å². The third-order valence-electron chi connectivity index (χ3n) is 2.78. The number of aryl methyl sites for hydroxylation is 2. The molecule has 0 radical (unpaired) electrons. The predicted molar refractivity (Wildman–Crippen MR) is 72.5 cm³/mol. The molecule has 0 fully saturated rings. The van der Waals surface area contributed by atoms with Gasteiger partial charge in [0.2, 0.25) is 0 Å². The Kier molecular flexibility index (Phi) is 3.46. The van der Waals surface area contributed by atoms with Crippen LogP contribution >= 0.6 is 0 Å². The van der Waals surface area contributed by atoms with Gasteiger partial charge in [0.1, 0.15) is 5.82 Å². The summed E-state index contributed by atoms with van der Waals surface area (Å²) in [5.74, 6) is -0.954. The molecule has 1 aromatic carbocycles. The van der Waals surface area contributed by atoms with Gasteiger partial charge in [0.15, 0.2) is 0 Å². The van der Waals surface area contributed by atoms with Crippen molar-refractivity contribution in [2.24, 2.45) is 0 Å². The molecule has 1 aromatic heterocycles. The maximum atomic E-state index is 13.6. The Hall–Kier alpha value is -2.43. The third kappa shape index (κ3) is 2.70. The highest BCUT2D eigenvalue weighted by Gasteiger charge is 2.14. The van der Waals surface area contributed by atoms with E-state index in [0.717, 1.165) is 5.69 Å². The zero-order valence-electron chi connectivity index (χ0n) is 10.7. The third-order valence-corrected chi connectivity index (χ3v) is 2.78. The molecule has 0 aliphatic carbocycles. The zero-order valence-corrected chi connectivity index (χ0v) is 10.7. The highest BCUT2D eigenvalue weighted by Crippen LogP contribution is 2.21. The largest absolute Gasteiger partial charge is 0.398 e. The molecule has 0 aliphatic heterocycles. The normalized spacial score (nSPS) is 10.3. The number of hydrogen-bond acceptors (Lipinski definition) is 3. The van der Waals surface area contributed by atoms with Crippen LogP contribution in [0, 0.1) is 19.7 Å². The van der Waals surface area contributed by atoms with Crippen LogP contribution in [-0.4, -0.2) is 10.9 Å². The van der Waals surface area contributed by atoms with Crippen LogP contribution in [0.3, 0.4) is 0 Å². The number of nitrogens with one attached hydrogen (secondary N) is 1. The van der Waals surface area contributed by atoms with Gasteiger partial charge in [0, 0.05) is 17.6 Å². The average molecular weight is 259 g/mol. The van der Waals surface area contributed by atoms with Gasteiger partial charge in [-0.2, -0.15) is 0 Å². The van der Waals surface area contributed by atoms with E-state index >= 15 is 0 Å². The summed E-state index contributed by atoms with van der Waals surface area (Å²) in [7, 11) is 0. The van der Waals surface area contributed by atoms with Crippen LogP contribution < -0.4 is 11.1 Å². The molecule has 5 heteroatoms. The molecule has 98 valence electrons. The molecule has 1 heterocycles. The van der Waals surface area contributed by atoms with Crippen LogP contribution in [0.25, 0.3) is 0 Å². The summed E-state index contributed by atoms with van der Waals surface area (Å²) in [5.41, 5.74) is 7.83. The van der Waals surface area contributed by atoms with Crippen molar-refractivity contribution in [2.75, 3.05) is 11.1 Å². The SMILES string of the molecule is Cc1cc(N)c(C(=O)Nc2c(C)cccc2F)cn1. The van der Waals surface area contributed by atoms with E-state index in [0.29, 0.717) is 11.3 Å². The lowest BCUT2D eigenvalue weighted by Crippen LogP contribution is -2.16. The van der Waals surface area contributed by atoms with Gasteiger partial charge in [-0.15, -0.1) is 0 Å². The summed E-state index contributed by atoms with van der Waals surface area (Å²) in [6, 6.07) is 6.19. The monoisotopic (exact) mass is 259 g/mol. The molecular weight excluding hydrogens is 245 g/mol. The number of rotatable bonds is 2. The number of nitrogens with zero attached hydrogens (tertiary/aromatic N) is 1. The molecule has 2 rings (SSSR count). The quantitative estimate of drug-likeness (QED) is 0.871. The number of halogens is 1. The molecule has 3 N–H and O–H groups in total. The minimum Gasteiger partial charge on any atom is -0.398 e. The molecule has 0 atom stereocenters. The van der Waals surface area contributed by atoms with Crippen molar-refractivity contribution in [3.05, 3.63) is 53.1 Å². The molecule has 2 aromatic rings. The minimum atomic E-state index is -0.480. The highest BCUT2D eigenvalue weighted by molar-refractivity contribution is 6.07. The van der Waals surface area contributed by atoms with Crippen molar-refractivity contribution in [1.29, 1.82) is 0 Å². The summed E-state index contributed by atoms with van der Waals surface area (Å²) in [6.45, 7) is 3.49. The van der Waals surface area contributed by atoms with E-state index in [1.807, 2.05) is 0 Å². The van der Waals surface area contributed by atoms with E-state index in [1.165, 1.54) is 12.3 Å². The van der Waals surface area contributed by atoms with Gasteiger partial charge in [-0.3, -0.25) is 9.78 Å². The van der Waals surface area contributed by atoms with Gasteiger partial charge in [-0.1, -0.05) is 12.1 Å². The number of nitrogen functional groups attached to an aromatic ring is 1. The Labute approximate surface area is 110 Å². The maximum Gasteiger partial charge on any atom is 0.259 e. The highest BCUT2D eigenvalue weighted by atomic mass is 19.1. The number of benzene rings is 1. The summed E-state index contributed by atoms with van der Waals surface area (Å²) < 4.78 is 13.6. The van der Waals surface area contributed by atoms with Gasteiger partial charge in [0.25, 0.3) is 5.91 Å². The maximum absolute atomic E-state index is 13.6. The number of anilines is 2. The van der Waals surface area contributed by atoms with Crippen LogP contribution in [0.15, 0.2) is 30.5 Å². The molecule has 0 unspecified atom stereocenters. The Morgan fingerprint density at radius 1 is 1.37 bits per heavy atom. The van der Waals surface area contributed by atoms with Gasteiger partial charge in [0.05, 0.1) is 11.3 Å². The Balaban J connectivity index is 2.31. The number of pyridine rings is 1. The molecule has 1 amide bonds. The van der Waals surface area contributed by atoms with E-state index in [4.69, 9.17) is 5.73 Å². The topological polar surface area (TPSA) is 68.0 Å². The lowest BCUT2D eigenvalue weighted by molar-refractivity contribution is 0.102. The summed E-state index contributed by atoms with van der Waals surface area (Å²) >= 11 is 0. The fraction of sp³-hybridized carbons (Fsp3) is 0.143. The second-order valence-electron chi connectivity index (χ2n) is 4.30. The number of hydrogen-bond donors (Lipinski definition) is 2. The summed E-state index contributed by atoms with van der Waals surface area (Å²) in [4.78, 5) is 16.1. The standard InChI is InChI=1S/C14H14FN3O/c1-8-4-3-5-11(15)13(8)18-14(19)10-7-17-9(2)6-12(10)16/h3-7H,1-2H3,(H2,16,17)(H,18,19). The van der Waals surface area contributed by atoms with Gasteiger partial charge in [-0.05, 0) is 31.5 Å². The molecule has 0 saturated carbocycles. The van der Waals surface area contributed by atoms with Crippen molar-refractivity contribution in [1.82, 2.24) is 4.98 Å². The second kappa shape index (κ2) is 5.06. The van der Waals surface area contributed by atoms with Gasteiger partial charge >= 0.3 is 0 Å². The van der Waals surface area contributed by atoms with Crippen molar-refractivity contribution in [2.45, 2.75) is 13.8 Å². The molecule has 0 aliphatic rings. The Morgan fingerprint density at radius 2 is 2.11 bits per heavy atom. The lowest BCUT2D eigenvalue weighted by atomic mass is 10.1. The van der Waals surface area contributed by atoms with E-state index < -0.39 is 11.7 Å². The number of para-hydroxylation sites is 1. The average Bonchev–Trinajstić information content (AvgIpc) is 2.33. The molecular formula is C14H14FN3O. The first-order valence-corrected chi connectivity index (χ1v) is 5.77.